The van der Waals surface area contributed by atoms with Gasteiger partial charge in [-0.1, -0.05) is 35.8 Å². The van der Waals surface area contributed by atoms with Crippen LogP contribution in [0.1, 0.15) is 52.7 Å². The predicted octanol–water partition coefficient (Wildman–Crippen LogP) is 4.90. The van der Waals surface area contributed by atoms with Crippen molar-refractivity contribution >= 4 is 16.7 Å². The molecule has 0 unspecified atom stereocenters. The van der Waals surface area contributed by atoms with Crippen molar-refractivity contribution in [2.75, 3.05) is 0 Å². The number of pyridine rings is 1. The third kappa shape index (κ3) is 3.89. The van der Waals surface area contributed by atoms with Crippen molar-refractivity contribution in [2.24, 2.45) is 5.92 Å². The highest BCUT2D eigenvalue weighted by molar-refractivity contribution is 6.08. The number of nitrogens with zero attached hydrogens (tertiary/aromatic N) is 2. The van der Waals surface area contributed by atoms with Crippen LogP contribution in [0.2, 0.25) is 0 Å². The van der Waals surface area contributed by atoms with E-state index < -0.39 is 23.3 Å². The molecule has 2 aromatic heterocycles. The van der Waals surface area contributed by atoms with Crippen molar-refractivity contribution in [1.82, 2.24) is 15.0 Å². The molecule has 0 spiro atoms. The number of amides is 1. The van der Waals surface area contributed by atoms with E-state index in [-0.39, 0.29) is 34.6 Å². The topological polar surface area (TPSA) is 77.1 Å². The summed E-state index contributed by atoms with van der Waals surface area (Å²) in [7, 11) is 0. The van der Waals surface area contributed by atoms with Crippen molar-refractivity contribution in [3.05, 3.63) is 99.3 Å². The van der Waals surface area contributed by atoms with E-state index in [2.05, 4.69) is 10.5 Å². The average molecular weight is 463 g/mol. The molecule has 174 valence electrons. The number of carbonyl (C=O) groups excluding carboxylic acids is 1. The summed E-state index contributed by atoms with van der Waals surface area (Å²) in [6, 6.07) is 11.7. The van der Waals surface area contributed by atoms with Gasteiger partial charge in [0.2, 0.25) is 0 Å². The van der Waals surface area contributed by atoms with Gasteiger partial charge >= 0.3 is 0 Å². The van der Waals surface area contributed by atoms with Crippen LogP contribution in [0.15, 0.2) is 64.0 Å². The SMILES string of the molecule is Cc1c(C(=O)N[C@H](c2cccc(F)c2)C2CCC2)c2cccc(F)c2c(=O)n1Cc1ccno1. The van der Waals surface area contributed by atoms with Crippen molar-refractivity contribution in [2.45, 2.75) is 38.8 Å². The molecule has 34 heavy (non-hydrogen) atoms. The number of hydrogen-bond donors (Lipinski definition) is 1. The van der Waals surface area contributed by atoms with Crippen LogP contribution in [-0.4, -0.2) is 15.6 Å². The third-order valence-corrected chi connectivity index (χ3v) is 6.66. The Hall–Kier alpha value is -3.81. The highest BCUT2D eigenvalue weighted by Crippen LogP contribution is 2.38. The predicted molar refractivity (Wildman–Crippen MR) is 122 cm³/mol. The van der Waals surface area contributed by atoms with Crippen LogP contribution >= 0.6 is 0 Å². The average Bonchev–Trinajstić information content (AvgIpc) is 3.28. The molecule has 5 rings (SSSR count). The van der Waals surface area contributed by atoms with Crippen molar-refractivity contribution < 1.29 is 18.1 Å². The molecule has 2 aromatic carbocycles. The second kappa shape index (κ2) is 8.85. The zero-order valence-electron chi connectivity index (χ0n) is 18.6. The third-order valence-electron chi connectivity index (χ3n) is 6.66. The molecule has 1 saturated carbocycles. The molecular formula is C26H23F2N3O3. The first-order valence-corrected chi connectivity index (χ1v) is 11.2. The van der Waals surface area contributed by atoms with Gasteiger partial charge in [-0.15, -0.1) is 0 Å². The molecule has 1 N–H and O–H groups in total. The number of nitrogens with one attached hydrogen (secondary N) is 1. The first-order chi connectivity index (χ1) is 16.4. The van der Waals surface area contributed by atoms with Gasteiger partial charge in [0.1, 0.15) is 11.6 Å². The number of rotatable bonds is 6. The number of hydrogen-bond acceptors (Lipinski definition) is 4. The number of aromatic nitrogens is 2. The molecule has 8 heteroatoms. The van der Waals surface area contributed by atoms with Crippen LogP contribution in [0.25, 0.3) is 10.8 Å². The maximum Gasteiger partial charge on any atom is 0.262 e. The quantitative estimate of drug-likeness (QED) is 0.442. The molecule has 0 bridgehead atoms. The van der Waals surface area contributed by atoms with Gasteiger partial charge < -0.3 is 14.4 Å². The summed E-state index contributed by atoms with van der Waals surface area (Å²) in [4.78, 5) is 26.9. The Morgan fingerprint density at radius 2 is 2.00 bits per heavy atom. The fourth-order valence-corrected chi connectivity index (χ4v) is 4.68. The fraction of sp³-hybridized carbons (Fsp3) is 0.269. The number of halogens is 2. The molecule has 1 amide bonds. The molecule has 1 fully saturated rings. The van der Waals surface area contributed by atoms with E-state index >= 15 is 0 Å². The Labute approximate surface area is 194 Å². The molecule has 0 saturated heterocycles. The normalized spacial score (nSPS) is 14.7. The van der Waals surface area contributed by atoms with Crippen LogP contribution < -0.4 is 10.9 Å². The maximum absolute atomic E-state index is 14.8. The van der Waals surface area contributed by atoms with E-state index in [0.717, 1.165) is 19.3 Å². The molecule has 6 nitrogen and oxygen atoms in total. The minimum absolute atomic E-state index is 0.00513. The van der Waals surface area contributed by atoms with E-state index in [9.17, 15) is 18.4 Å². The number of benzene rings is 2. The summed E-state index contributed by atoms with van der Waals surface area (Å²) in [6.07, 6.45) is 4.33. The Kier molecular flexibility index (Phi) is 5.73. The smallest absolute Gasteiger partial charge is 0.262 e. The molecule has 0 aliphatic heterocycles. The Balaban J connectivity index is 1.62. The largest absolute Gasteiger partial charge is 0.359 e. The number of fused-ring (bicyclic) bond motifs is 1. The first kappa shape index (κ1) is 22.0. The summed E-state index contributed by atoms with van der Waals surface area (Å²) in [5.74, 6) is -0.946. The lowest BCUT2D eigenvalue weighted by Crippen LogP contribution is -2.38. The highest BCUT2D eigenvalue weighted by Gasteiger charge is 2.32. The van der Waals surface area contributed by atoms with Crippen molar-refractivity contribution in [3.63, 3.8) is 0 Å². The maximum atomic E-state index is 14.8. The standard InChI is InChI=1S/C26H23F2N3O3/c1-15-22(25(32)30-24(16-5-2-6-16)17-7-3-8-18(27)13-17)20-9-4-10-21(28)23(20)26(33)31(15)14-19-11-12-29-34-19/h3-4,7-13,16,24H,2,5-6,14H2,1H3,(H,30,32)/t24-/m0/s1. The summed E-state index contributed by atoms with van der Waals surface area (Å²) in [6.45, 7) is 1.66. The molecule has 1 atom stereocenters. The van der Waals surface area contributed by atoms with Gasteiger partial charge in [0.15, 0.2) is 5.76 Å². The second-order valence-corrected chi connectivity index (χ2v) is 8.69. The summed E-state index contributed by atoms with van der Waals surface area (Å²) in [5, 5.41) is 6.79. The lowest BCUT2D eigenvalue weighted by atomic mass is 9.77. The fourth-order valence-electron chi connectivity index (χ4n) is 4.68. The monoisotopic (exact) mass is 463 g/mol. The summed E-state index contributed by atoms with van der Waals surface area (Å²) in [5.41, 5.74) is 0.707. The van der Waals surface area contributed by atoms with Gasteiger partial charge in [-0.2, -0.15) is 0 Å². The lowest BCUT2D eigenvalue weighted by Gasteiger charge is -2.35. The van der Waals surface area contributed by atoms with Gasteiger partial charge in [-0.05, 0) is 49.4 Å². The molecule has 1 aliphatic carbocycles. The lowest BCUT2D eigenvalue weighted by molar-refractivity contribution is 0.0900. The van der Waals surface area contributed by atoms with Gasteiger partial charge in [0.25, 0.3) is 11.5 Å². The zero-order chi connectivity index (χ0) is 23.8. The van der Waals surface area contributed by atoms with E-state index in [1.54, 1.807) is 31.2 Å². The Morgan fingerprint density at radius 3 is 2.68 bits per heavy atom. The first-order valence-electron chi connectivity index (χ1n) is 11.2. The Morgan fingerprint density at radius 1 is 1.21 bits per heavy atom. The number of carbonyl (C=O) groups is 1. The highest BCUT2D eigenvalue weighted by atomic mass is 19.1. The van der Waals surface area contributed by atoms with E-state index in [0.29, 0.717) is 17.0 Å². The van der Waals surface area contributed by atoms with Gasteiger partial charge in [0, 0.05) is 17.1 Å². The molecule has 0 radical (unpaired) electrons. The molecular weight excluding hydrogens is 440 g/mol. The van der Waals surface area contributed by atoms with Crippen LogP contribution in [0.4, 0.5) is 8.78 Å². The molecule has 2 heterocycles. The zero-order valence-corrected chi connectivity index (χ0v) is 18.6. The Bertz CT molecular complexity index is 1430. The van der Waals surface area contributed by atoms with Crippen molar-refractivity contribution in [1.29, 1.82) is 0 Å². The van der Waals surface area contributed by atoms with Gasteiger partial charge in [-0.25, -0.2) is 8.78 Å². The summed E-state index contributed by atoms with van der Waals surface area (Å²) >= 11 is 0. The van der Waals surface area contributed by atoms with Gasteiger partial charge in [-0.3, -0.25) is 9.59 Å². The minimum Gasteiger partial charge on any atom is -0.359 e. The summed E-state index contributed by atoms with van der Waals surface area (Å²) < 4.78 is 35.2. The van der Waals surface area contributed by atoms with Gasteiger partial charge in [0.05, 0.1) is 29.7 Å². The van der Waals surface area contributed by atoms with E-state index in [1.807, 2.05) is 0 Å². The second-order valence-electron chi connectivity index (χ2n) is 8.69. The van der Waals surface area contributed by atoms with E-state index in [4.69, 9.17) is 4.52 Å². The van der Waals surface area contributed by atoms with Crippen LogP contribution in [-0.2, 0) is 6.54 Å². The van der Waals surface area contributed by atoms with Crippen LogP contribution in [0.3, 0.4) is 0 Å². The molecule has 1 aliphatic rings. The van der Waals surface area contributed by atoms with Crippen LogP contribution in [0.5, 0.6) is 0 Å². The van der Waals surface area contributed by atoms with Crippen LogP contribution in [0, 0.1) is 24.5 Å². The van der Waals surface area contributed by atoms with E-state index in [1.165, 1.54) is 35.0 Å². The van der Waals surface area contributed by atoms with Crippen molar-refractivity contribution in [3.8, 4) is 0 Å². The minimum atomic E-state index is -0.705. The molecule has 4 aromatic rings.